The molecule has 11 rings (SSSR count). The monoisotopic (exact) mass is 1080 g/mol. The number of imidazole rings is 1. The minimum Gasteiger partial charge on any atom is -0.501 e. The predicted octanol–water partition coefficient (Wildman–Crippen LogP) is 17.8. The van der Waals surface area contributed by atoms with E-state index in [2.05, 4.69) is 218 Å². The van der Waals surface area contributed by atoms with Gasteiger partial charge < -0.3 is 14.0 Å². The fourth-order valence-electron chi connectivity index (χ4n) is 9.57. The molecule has 8 aromatic carbocycles. The standard InChI is InChI=1S/C49H43N2O.C15H16N.Ir/c1-29(2)39-26-34(31-21-23-35(24-22-31)49(5,6)7)27-40(30(3)4)46(39)51-44-18-11-10-17-43(44)50-48(51)38-16-12-15-37-42-25-33-20-19-32-13-8-9-14-36(32)41(33)28-45(42)52-47(37)38;1-15(2,3)13-9-10-16-14(11-13)12-7-5-4-6-8-12;/h8-15,17-30H,1-7H3;4-7,9-11H,1-3H3;/q2*-1;. The Hall–Kier alpha value is -6.65. The summed E-state index contributed by atoms with van der Waals surface area (Å²) < 4.78 is 9.25. The molecule has 0 N–H and O–H groups in total. The van der Waals surface area contributed by atoms with Crippen LogP contribution in [-0.4, -0.2) is 14.5 Å². The number of rotatable bonds is 6. The molecule has 3 aromatic heterocycles. The van der Waals surface area contributed by atoms with Gasteiger partial charge in [0.1, 0.15) is 5.58 Å². The van der Waals surface area contributed by atoms with E-state index in [0.717, 1.165) is 55.6 Å². The first-order chi connectivity index (χ1) is 32.6. The summed E-state index contributed by atoms with van der Waals surface area (Å²) in [6.45, 7) is 22.6. The van der Waals surface area contributed by atoms with Crippen LogP contribution in [0.15, 0.2) is 168 Å². The van der Waals surface area contributed by atoms with E-state index in [-0.39, 0.29) is 42.8 Å². The van der Waals surface area contributed by atoms with Crippen LogP contribution in [-0.2, 0) is 30.9 Å². The number of para-hydroxylation sites is 2. The van der Waals surface area contributed by atoms with Crippen molar-refractivity contribution in [2.45, 2.75) is 91.9 Å². The molecule has 1 radical (unpaired) electrons. The van der Waals surface area contributed by atoms with Crippen molar-refractivity contribution >= 4 is 54.5 Å². The van der Waals surface area contributed by atoms with Gasteiger partial charge in [0, 0.05) is 37.4 Å². The second kappa shape index (κ2) is 18.7. The summed E-state index contributed by atoms with van der Waals surface area (Å²) in [4.78, 5) is 9.75. The summed E-state index contributed by atoms with van der Waals surface area (Å²) in [7, 11) is 0. The smallest absolute Gasteiger partial charge is 0.121 e. The molecule has 0 fully saturated rings. The van der Waals surface area contributed by atoms with E-state index >= 15 is 0 Å². The van der Waals surface area contributed by atoms with Crippen molar-refractivity contribution in [1.82, 2.24) is 14.5 Å². The Labute approximate surface area is 420 Å². The molecule has 4 nitrogen and oxygen atoms in total. The van der Waals surface area contributed by atoms with Crippen molar-refractivity contribution in [1.29, 1.82) is 0 Å². The van der Waals surface area contributed by atoms with Crippen molar-refractivity contribution in [2.24, 2.45) is 0 Å². The molecule has 0 unspecified atom stereocenters. The van der Waals surface area contributed by atoms with Gasteiger partial charge in [-0.05, 0) is 126 Å². The van der Waals surface area contributed by atoms with Gasteiger partial charge in [0.25, 0.3) is 0 Å². The zero-order chi connectivity index (χ0) is 47.5. The van der Waals surface area contributed by atoms with Crippen molar-refractivity contribution in [3.8, 4) is 39.5 Å². The predicted molar refractivity (Wildman–Crippen MR) is 287 cm³/mol. The number of pyridine rings is 1. The molecule has 0 bridgehead atoms. The summed E-state index contributed by atoms with van der Waals surface area (Å²) >= 11 is 0. The largest absolute Gasteiger partial charge is 0.501 e. The second-order valence-electron chi connectivity index (χ2n) is 20.9. The molecule has 0 saturated heterocycles. The first-order valence-electron chi connectivity index (χ1n) is 24.0. The fraction of sp³-hybridized carbons (Fsp3) is 0.219. The van der Waals surface area contributed by atoms with Crippen molar-refractivity contribution in [3.05, 3.63) is 198 Å². The van der Waals surface area contributed by atoms with Crippen LogP contribution in [0.5, 0.6) is 0 Å². The molecule has 0 saturated carbocycles. The minimum atomic E-state index is 0. The number of furan rings is 1. The van der Waals surface area contributed by atoms with E-state index in [1.54, 1.807) is 0 Å². The van der Waals surface area contributed by atoms with Crippen molar-refractivity contribution in [3.63, 3.8) is 0 Å². The number of aromatic nitrogens is 3. The van der Waals surface area contributed by atoms with Crippen LogP contribution in [0.2, 0.25) is 0 Å². The fourth-order valence-corrected chi connectivity index (χ4v) is 9.57. The van der Waals surface area contributed by atoms with Crippen LogP contribution in [0.1, 0.15) is 103 Å². The number of hydrogen-bond donors (Lipinski definition) is 0. The minimum absolute atomic E-state index is 0. The Balaban J connectivity index is 0.000000296. The second-order valence-corrected chi connectivity index (χ2v) is 20.9. The number of hydrogen-bond acceptors (Lipinski definition) is 3. The molecule has 69 heavy (non-hydrogen) atoms. The molecule has 0 aliphatic rings. The molecule has 0 aliphatic heterocycles. The van der Waals surface area contributed by atoms with Crippen LogP contribution >= 0.6 is 0 Å². The topological polar surface area (TPSA) is 43.9 Å². The van der Waals surface area contributed by atoms with Crippen LogP contribution in [0.25, 0.3) is 94.0 Å². The third-order valence-electron chi connectivity index (χ3n) is 13.4. The summed E-state index contributed by atoms with van der Waals surface area (Å²) in [5, 5.41) is 7.02. The Kier molecular flexibility index (Phi) is 12.8. The van der Waals surface area contributed by atoms with Crippen LogP contribution in [0.4, 0.5) is 0 Å². The Morgan fingerprint density at radius 2 is 1.23 bits per heavy atom. The molecule has 0 spiro atoms. The maximum absolute atomic E-state index is 6.86. The average molecular weight is 1080 g/mol. The number of benzene rings is 8. The van der Waals surface area contributed by atoms with Crippen molar-refractivity contribution < 1.29 is 24.5 Å². The molecule has 5 heteroatoms. The van der Waals surface area contributed by atoms with Crippen LogP contribution in [0, 0.1) is 12.1 Å². The van der Waals surface area contributed by atoms with E-state index in [4.69, 9.17) is 9.40 Å². The van der Waals surface area contributed by atoms with Gasteiger partial charge in [0.2, 0.25) is 0 Å². The molecular weight excluding hydrogens is 1020 g/mol. The summed E-state index contributed by atoms with van der Waals surface area (Å²) in [6, 6.07) is 63.0. The van der Waals surface area contributed by atoms with Gasteiger partial charge in [-0.15, -0.1) is 54.1 Å². The first kappa shape index (κ1) is 47.4. The van der Waals surface area contributed by atoms with E-state index in [9.17, 15) is 0 Å². The van der Waals surface area contributed by atoms with Gasteiger partial charge in [-0.3, -0.25) is 4.98 Å². The quantitative estimate of drug-likeness (QED) is 0.123. The van der Waals surface area contributed by atoms with Gasteiger partial charge in [0.05, 0.1) is 22.4 Å². The van der Waals surface area contributed by atoms with Gasteiger partial charge in [-0.25, -0.2) is 0 Å². The molecule has 0 atom stereocenters. The molecule has 3 heterocycles. The summed E-state index contributed by atoms with van der Waals surface area (Å²) in [5.74, 6) is 1.37. The zero-order valence-electron chi connectivity index (χ0n) is 41.3. The Morgan fingerprint density at radius 1 is 0.551 bits per heavy atom. The summed E-state index contributed by atoms with van der Waals surface area (Å²) in [5.41, 5.74) is 15.8. The third kappa shape index (κ3) is 9.07. The SMILES string of the molecule is CC(C)(C)c1ccnc(-c2[c-]cccc2)c1.CC(C)c1cc(-c2ccc(C(C)(C)C)cc2)cc(C(C)C)c1-n1c(-c2[c-]ccc3c2oc2cc4c(ccc5ccccc54)cc23)nc2ccccc21.[Ir]. The van der Waals surface area contributed by atoms with E-state index in [0.29, 0.717) is 0 Å². The van der Waals surface area contributed by atoms with Crippen LogP contribution < -0.4 is 0 Å². The number of fused-ring (bicyclic) bond motifs is 7. The average Bonchev–Trinajstić information content (AvgIpc) is 3.91. The van der Waals surface area contributed by atoms with Crippen molar-refractivity contribution in [2.75, 3.05) is 0 Å². The zero-order valence-corrected chi connectivity index (χ0v) is 43.7. The molecule has 0 aliphatic carbocycles. The van der Waals surface area contributed by atoms with Gasteiger partial charge >= 0.3 is 0 Å². The van der Waals surface area contributed by atoms with E-state index in [1.165, 1.54) is 60.6 Å². The first-order valence-corrected chi connectivity index (χ1v) is 24.0. The molecule has 347 valence electrons. The maximum Gasteiger partial charge on any atom is 0.121 e. The summed E-state index contributed by atoms with van der Waals surface area (Å²) in [6.07, 6.45) is 1.87. The van der Waals surface area contributed by atoms with Crippen LogP contribution in [0.3, 0.4) is 0 Å². The Morgan fingerprint density at radius 3 is 1.93 bits per heavy atom. The van der Waals surface area contributed by atoms with Gasteiger partial charge in [-0.2, -0.15) is 0 Å². The molecule has 11 aromatic rings. The van der Waals surface area contributed by atoms with Gasteiger partial charge in [-0.1, -0.05) is 159 Å². The maximum atomic E-state index is 6.86. The molecule has 0 amide bonds. The Bertz CT molecular complexity index is 3610. The van der Waals surface area contributed by atoms with E-state index in [1.807, 2.05) is 36.5 Å². The van der Waals surface area contributed by atoms with E-state index < -0.39 is 0 Å². The third-order valence-corrected chi connectivity index (χ3v) is 13.4. The number of nitrogens with zero attached hydrogens (tertiary/aromatic N) is 3. The normalized spacial score (nSPS) is 12.1. The van der Waals surface area contributed by atoms with Gasteiger partial charge in [0.15, 0.2) is 0 Å². The molecular formula is C64H59IrN3O-2.